The fraction of sp³-hybridized carbons (Fsp3) is 0.105. The molecule has 1 heterocycles. The number of nitrogens with one attached hydrogen (secondary N) is 1. The van der Waals surface area contributed by atoms with E-state index in [0.29, 0.717) is 11.3 Å². The molecule has 7 nitrogen and oxygen atoms in total. The van der Waals surface area contributed by atoms with Crippen LogP contribution in [0.5, 0.6) is 5.75 Å². The molecule has 2 N–H and O–H groups in total. The van der Waals surface area contributed by atoms with E-state index in [-0.39, 0.29) is 17.9 Å². The number of urea groups is 1. The molecule has 0 unspecified atom stereocenters. The third-order valence-electron chi connectivity index (χ3n) is 3.90. The number of imide groups is 1. The van der Waals surface area contributed by atoms with Crippen molar-refractivity contribution < 1.29 is 24.2 Å². The average molecular weight is 352 g/mol. The highest BCUT2D eigenvalue weighted by Gasteiger charge is 2.30. The van der Waals surface area contributed by atoms with E-state index < -0.39 is 17.9 Å². The summed E-state index contributed by atoms with van der Waals surface area (Å²) in [6, 6.07) is 13.0. The first kappa shape index (κ1) is 17.2. The van der Waals surface area contributed by atoms with Gasteiger partial charge in [-0.1, -0.05) is 30.3 Å². The Morgan fingerprint density at radius 2 is 1.85 bits per heavy atom. The summed E-state index contributed by atoms with van der Waals surface area (Å²) in [4.78, 5) is 35.4. The SMILES string of the molecule is CN1C(=O)N/C(=C/c2ccccc2OCc2ccc(C(=O)O)cc2)C1=O. The Bertz CT molecular complexity index is 902. The van der Waals surface area contributed by atoms with Gasteiger partial charge in [0.1, 0.15) is 18.1 Å². The lowest BCUT2D eigenvalue weighted by Crippen LogP contribution is -2.25. The number of carbonyl (C=O) groups excluding carboxylic acids is 2. The van der Waals surface area contributed by atoms with Gasteiger partial charge in [-0.05, 0) is 29.8 Å². The van der Waals surface area contributed by atoms with Crippen molar-refractivity contribution in [2.24, 2.45) is 0 Å². The maximum Gasteiger partial charge on any atom is 0.335 e. The molecule has 0 saturated carbocycles. The Morgan fingerprint density at radius 1 is 1.15 bits per heavy atom. The predicted molar refractivity (Wildman–Crippen MR) is 93.5 cm³/mol. The van der Waals surface area contributed by atoms with Crippen LogP contribution in [0.4, 0.5) is 4.79 Å². The van der Waals surface area contributed by atoms with E-state index in [2.05, 4.69) is 5.32 Å². The first-order valence-corrected chi connectivity index (χ1v) is 7.80. The second-order valence-electron chi connectivity index (χ2n) is 5.68. The zero-order valence-electron chi connectivity index (χ0n) is 13.9. The lowest BCUT2D eigenvalue weighted by atomic mass is 10.1. The summed E-state index contributed by atoms with van der Waals surface area (Å²) < 4.78 is 5.79. The minimum Gasteiger partial charge on any atom is -0.488 e. The van der Waals surface area contributed by atoms with Crippen LogP contribution >= 0.6 is 0 Å². The van der Waals surface area contributed by atoms with Crippen LogP contribution in [-0.2, 0) is 11.4 Å². The van der Waals surface area contributed by atoms with Crippen LogP contribution in [-0.4, -0.2) is 35.0 Å². The number of hydrogen-bond acceptors (Lipinski definition) is 4. The molecule has 0 spiro atoms. The van der Waals surface area contributed by atoms with E-state index in [1.807, 2.05) is 0 Å². The number of nitrogens with zero attached hydrogens (tertiary/aromatic N) is 1. The van der Waals surface area contributed by atoms with Gasteiger partial charge >= 0.3 is 12.0 Å². The predicted octanol–water partition coefficient (Wildman–Crippen LogP) is 2.49. The zero-order chi connectivity index (χ0) is 18.7. The van der Waals surface area contributed by atoms with Gasteiger partial charge in [-0.25, -0.2) is 9.59 Å². The van der Waals surface area contributed by atoms with Crippen LogP contribution in [0.3, 0.4) is 0 Å². The van der Waals surface area contributed by atoms with Crippen LogP contribution in [0, 0.1) is 0 Å². The number of carboxylic acid groups (broad SMARTS) is 1. The molecule has 0 bridgehead atoms. The fourth-order valence-electron chi connectivity index (χ4n) is 2.41. The van der Waals surface area contributed by atoms with Crippen LogP contribution < -0.4 is 10.1 Å². The van der Waals surface area contributed by atoms with E-state index >= 15 is 0 Å². The Balaban J connectivity index is 1.76. The van der Waals surface area contributed by atoms with E-state index in [0.717, 1.165) is 10.5 Å². The highest BCUT2D eigenvalue weighted by atomic mass is 16.5. The van der Waals surface area contributed by atoms with Crippen molar-refractivity contribution in [1.82, 2.24) is 10.2 Å². The second-order valence-corrected chi connectivity index (χ2v) is 5.68. The molecule has 26 heavy (non-hydrogen) atoms. The number of hydrogen-bond donors (Lipinski definition) is 2. The van der Waals surface area contributed by atoms with Crippen LogP contribution in [0.1, 0.15) is 21.5 Å². The number of carboxylic acids is 1. The van der Waals surface area contributed by atoms with E-state index in [1.54, 1.807) is 42.5 Å². The van der Waals surface area contributed by atoms with Crippen molar-refractivity contribution in [2.45, 2.75) is 6.61 Å². The van der Waals surface area contributed by atoms with Crippen LogP contribution in [0.2, 0.25) is 0 Å². The fourth-order valence-corrected chi connectivity index (χ4v) is 2.41. The molecule has 3 rings (SSSR count). The molecular weight excluding hydrogens is 336 g/mol. The topological polar surface area (TPSA) is 95.9 Å². The van der Waals surface area contributed by atoms with Crippen molar-refractivity contribution in [3.63, 3.8) is 0 Å². The van der Waals surface area contributed by atoms with Crippen molar-refractivity contribution >= 4 is 24.0 Å². The number of ether oxygens (including phenoxy) is 1. The van der Waals surface area contributed by atoms with Crippen molar-refractivity contribution in [1.29, 1.82) is 0 Å². The van der Waals surface area contributed by atoms with Crippen molar-refractivity contribution in [3.8, 4) is 5.75 Å². The maximum absolute atomic E-state index is 12.0. The largest absolute Gasteiger partial charge is 0.488 e. The molecule has 0 aliphatic carbocycles. The minimum atomic E-state index is -0.984. The second kappa shape index (κ2) is 7.10. The maximum atomic E-state index is 12.0. The van der Waals surface area contributed by atoms with Gasteiger partial charge < -0.3 is 15.2 Å². The summed E-state index contributed by atoms with van der Waals surface area (Å²) >= 11 is 0. The molecular formula is C19H16N2O5. The van der Waals surface area contributed by atoms with Gasteiger partial charge in [-0.3, -0.25) is 9.69 Å². The number of para-hydroxylation sites is 1. The third-order valence-corrected chi connectivity index (χ3v) is 3.90. The minimum absolute atomic E-state index is 0.180. The monoisotopic (exact) mass is 352 g/mol. The molecule has 2 aromatic rings. The third kappa shape index (κ3) is 3.56. The molecule has 0 radical (unpaired) electrons. The zero-order valence-corrected chi connectivity index (χ0v) is 13.9. The van der Waals surface area contributed by atoms with E-state index in [9.17, 15) is 14.4 Å². The Morgan fingerprint density at radius 3 is 2.46 bits per heavy atom. The molecule has 1 aliphatic heterocycles. The van der Waals surface area contributed by atoms with Crippen LogP contribution in [0.25, 0.3) is 6.08 Å². The average Bonchev–Trinajstić information content (AvgIpc) is 2.88. The van der Waals surface area contributed by atoms with Gasteiger partial charge in [0.05, 0.1) is 5.56 Å². The van der Waals surface area contributed by atoms with Gasteiger partial charge in [-0.15, -0.1) is 0 Å². The lowest BCUT2D eigenvalue weighted by molar-refractivity contribution is -0.121. The summed E-state index contributed by atoms with van der Waals surface area (Å²) in [6.45, 7) is 0.236. The summed E-state index contributed by atoms with van der Waals surface area (Å²) in [5.41, 5.74) is 1.84. The van der Waals surface area contributed by atoms with Gasteiger partial charge in [0, 0.05) is 12.6 Å². The number of carbonyl (C=O) groups is 3. The van der Waals surface area contributed by atoms with E-state index in [4.69, 9.17) is 9.84 Å². The standard InChI is InChI=1S/C19H16N2O5/c1-21-17(22)15(20-19(21)25)10-14-4-2-3-5-16(14)26-11-12-6-8-13(9-7-12)18(23)24/h2-10H,11H2,1H3,(H,20,25)(H,23,24)/b15-10+. The quantitative estimate of drug-likeness (QED) is 0.637. The molecule has 1 fully saturated rings. The molecule has 3 amide bonds. The normalized spacial score (nSPS) is 15.3. The summed E-state index contributed by atoms with van der Waals surface area (Å²) in [5.74, 6) is -0.851. The number of rotatable bonds is 5. The lowest BCUT2D eigenvalue weighted by Gasteiger charge is -2.10. The molecule has 132 valence electrons. The summed E-state index contributed by atoms with van der Waals surface area (Å²) in [6.07, 6.45) is 1.56. The van der Waals surface area contributed by atoms with Gasteiger partial charge in [-0.2, -0.15) is 0 Å². The highest BCUT2D eigenvalue weighted by Crippen LogP contribution is 2.23. The smallest absolute Gasteiger partial charge is 0.335 e. The molecule has 0 aromatic heterocycles. The number of likely N-dealkylation sites (N-methyl/N-ethyl adjacent to an activating group) is 1. The molecule has 2 aromatic carbocycles. The summed E-state index contributed by atoms with van der Waals surface area (Å²) in [5, 5.41) is 11.4. The van der Waals surface area contributed by atoms with Crippen molar-refractivity contribution in [2.75, 3.05) is 7.05 Å². The van der Waals surface area contributed by atoms with E-state index in [1.165, 1.54) is 19.2 Å². The number of aromatic carboxylic acids is 1. The molecule has 1 saturated heterocycles. The highest BCUT2D eigenvalue weighted by molar-refractivity contribution is 6.13. The van der Waals surface area contributed by atoms with Crippen molar-refractivity contribution in [3.05, 3.63) is 70.9 Å². The Hall–Kier alpha value is -3.61. The Kier molecular flexibility index (Phi) is 4.70. The number of amides is 3. The van der Waals surface area contributed by atoms with Gasteiger partial charge in [0.2, 0.25) is 0 Å². The van der Waals surface area contributed by atoms with Gasteiger partial charge in [0.25, 0.3) is 5.91 Å². The Labute approximate surface area is 149 Å². The first-order valence-electron chi connectivity index (χ1n) is 7.80. The van der Waals surface area contributed by atoms with Crippen LogP contribution in [0.15, 0.2) is 54.2 Å². The summed E-state index contributed by atoms with van der Waals surface area (Å²) in [7, 11) is 1.40. The van der Waals surface area contributed by atoms with Gasteiger partial charge in [0.15, 0.2) is 0 Å². The first-order chi connectivity index (χ1) is 12.5. The molecule has 0 atom stereocenters. The number of benzene rings is 2. The molecule has 7 heteroatoms. The molecule has 1 aliphatic rings.